The first kappa shape index (κ1) is 21.3. The maximum absolute atomic E-state index is 13.8. The number of nitrogens with one attached hydrogen (secondary N) is 1. The summed E-state index contributed by atoms with van der Waals surface area (Å²) >= 11 is 7.35. The topological polar surface area (TPSA) is 81.3 Å². The molecule has 2 aromatic carbocycles. The minimum absolute atomic E-state index is 0.0561. The van der Waals surface area contributed by atoms with E-state index < -0.39 is 5.82 Å². The molecule has 0 bridgehead atoms. The van der Waals surface area contributed by atoms with Gasteiger partial charge in [0.15, 0.2) is 5.16 Å². The molecule has 0 saturated heterocycles. The third-order valence-electron chi connectivity index (χ3n) is 4.71. The Bertz CT molecular complexity index is 1370. The summed E-state index contributed by atoms with van der Waals surface area (Å²) in [7, 11) is 0. The molecular weight excluding hydrogens is 441 g/mol. The molecule has 10 heteroatoms. The van der Waals surface area contributed by atoms with E-state index in [0.29, 0.717) is 40.1 Å². The lowest BCUT2D eigenvalue weighted by atomic mass is 10.2. The van der Waals surface area contributed by atoms with E-state index in [1.165, 1.54) is 34.5 Å². The lowest BCUT2D eigenvalue weighted by Gasteiger charge is -2.11. The van der Waals surface area contributed by atoms with E-state index in [1.54, 1.807) is 16.5 Å². The molecule has 31 heavy (non-hydrogen) atoms. The lowest BCUT2D eigenvalue weighted by molar-refractivity contribution is -0.113. The Labute approximate surface area is 186 Å². The summed E-state index contributed by atoms with van der Waals surface area (Å²) in [6.45, 7) is 4.27. The van der Waals surface area contributed by atoms with Crippen molar-refractivity contribution >= 4 is 51.6 Å². The number of benzene rings is 2. The summed E-state index contributed by atoms with van der Waals surface area (Å²) in [5.74, 6) is -0.343. The first-order valence-corrected chi connectivity index (χ1v) is 11.0. The Kier molecular flexibility index (Phi) is 5.97. The van der Waals surface area contributed by atoms with Gasteiger partial charge in [-0.3, -0.25) is 18.6 Å². The highest BCUT2D eigenvalue weighted by Crippen LogP contribution is 2.25. The van der Waals surface area contributed by atoms with E-state index in [-0.39, 0.29) is 22.6 Å². The van der Waals surface area contributed by atoms with Gasteiger partial charge in [-0.25, -0.2) is 4.39 Å². The molecule has 160 valence electrons. The zero-order chi connectivity index (χ0) is 22.1. The van der Waals surface area contributed by atoms with Gasteiger partial charge in [0.05, 0.1) is 27.4 Å². The second-order valence-corrected chi connectivity index (χ2v) is 8.41. The number of nitrogens with zero attached hydrogens (tertiary/aromatic N) is 4. The predicted octanol–water partition coefficient (Wildman–Crippen LogP) is 4.29. The molecule has 0 fully saturated rings. The highest BCUT2D eigenvalue weighted by molar-refractivity contribution is 7.99. The molecule has 4 aromatic rings. The molecular formula is C21H19ClFN5O2S. The van der Waals surface area contributed by atoms with Gasteiger partial charge in [0.1, 0.15) is 5.82 Å². The van der Waals surface area contributed by atoms with Crippen LogP contribution in [0, 0.1) is 12.7 Å². The fourth-order valence-corrected chi connectivity index (χ4v) is 4.34. The Balaban J connectivity index is 1.67. The highest BCUT2D eigenvalue weighted by atomic mass is 35.5. The van der Waals surface area contributed by atoms with Gasteiger partial charge in [-0.2, -0.15) is 0 Å². The summed E-state index contributed by atoms with van der Waals surface area (Å²) in [5, 5.41) is 12.2. The number of thioether (sulfide) groups is 1. The number of fused-ring (bicyclic) bond motifs is 3. The molecule has 4 rings (SSSR count). The highest BCUT2D eigenvalue weighted by Gasteiger charge is 2.18. The SMILES string of the molecule is CCCn1c(=O)c2cc(F)ccc2n2c(SCC(=O)Nc3ccc(C)cc3Cl)nnc12. The van der Waals surface area contributed by atoms with E-state index in [1.807, 2.05) is 19.9 Å². The van der Waals surface area contributed by atoms with Gasteiger partial charge < -0.3 is 5.32 Å². The van der Waals surface area contributed by atoms with Crippen molar-refractivity contribution < 1.29 is 9.18 Å². The van der Waals surface area contributed by atoms with Crippen LogP contribution in [0.4, 0.5) is 10.1 Å². The number of hydrogen-bond acceptors (Lipinski definition) is 5. The summed E-state index contributed by atoms with van der Waals surface area (Å²) in [6.07, 6.45) is 0.700. The van der Waals surface area contributed by atoms with Crippen LogP contribution in [-0.4, -0.2) is 30.8 Å². The smallest absolute Gasteiger partial charge is 0.262 e. The monoisotopic (exact) mass is 459 g/mol. The van der Waals surface area contributed by atoms with Crippen molar-refractivity contribution in [3.05, 3.63) is 63.2 Å². The number of anilines is 1. The zero-order valence-electron chi connectivity index (χ0n) is 16.9. The summed E-state index contributed by atoms with van der Waals surface area (Å²) in [6, 6.07) is 9.40. The van der Waals surface area contributed by atoms with E-state index in [2.05, 4.69) is 15.5 Å². The summed E-state index contributed by atoms with van der Waals surface area (Å²) < 4.78 is 17.0. The number of aromatic nitrogens is 4. The number of amides is 1. The number of carbonyl (C=O) groups is 1. The van der Waals surface area contributed by atoms with Gasteiger partial charge in [-0.05, 0) is 49.2 Å². The Morgan fingerprint density at radius 3 is 2.77 bits per heavy atom. The van der Waals surface area contributed by atoms with Crippen molar-refractivity contribution in [2.75, 3.05) is 11.1 Å². The van der Waals surface area contributed by atoms with Crippen molar-refractivity contribution in [3.63, 3.8) is 0 Å². The largest absolute Gasteiger partial charge is 0.324 e. The molecule has 7 nitrogen and oxygen atoms in total. The van der Waals surface area contributed by atoms with E-state index >= 15 is 0 Å². The average Bonchev–Trinajstić information content (AvgIpc) is 3.15. The van der Waals surface area contributed by atoms with Gasteiger partial charge in [0.25, 0.3) is 5.56 Å². The van der Waals surface area contributed by atoms with Crippen LogP contribution in [0.3, 0.4) is 0 Å². The van der Waals surface area contributed by atoms with Crippen LogP contribution in [0.1, 0.15) is 18.9 Å². The van der Waals surface area contributed by atoms with Crippen LogP contribution in [0.2, 0.25) is 5.02 Å². The summed E-state index contributed by atoms with van der Waals surface area (Å²) in [4.78, 5) is 25.3. The molecule has 0 aliphatic carbocycles. The molecule has 0 spiro atoms. The first-order valence-electron chi connectivity index (χ1n) is 9.65. The standard InChI is InChI=1S/C21H19ClFN5O2S/c1-3-8-27-19(30)14-10-13(23)5-7-17(14)28-20(27)25-26-21(28)31-11-18(29)24-16-6-4-12(2)9-15(16)22/h4-7,9-10H,3,8,11H2,1-2H3,(H,24,29). The van der Waals surface area contributed by atoms with Crippen LogP contribution < -0.4 is 10.9 Å². The van der Waals surface area contributed by atoms with Crippen LogP contribution in [0.15, 0.2) is 46.3 Å². The Morgan fingerprint density at radius 1 is 1.23 bits per heavy atom. The van der Waals surface area contributed by atoms with Crippen molar-refractivity contribution in [1.82, 2.24) is 19.2 Å². The number of carbonyl (C=O) groups excluding carboxylic acids is 1. The van der Waals surface area contributed by atoms with E-state index in [9.17, 15) is 14.0 Å². The van der Waals surface area contributed by atoms with Crippen LogP contribution in [-0.2, 0) is 11.3 Å². The summed E-state index contributed by atoms with van der Waals surface area (Å²) in [5.41, 5.74) is 1.69. The Morgan fingerprint density at radius 2 is 2.03 bits per heavy atom. The fourth-order valence-electron chi connectivity index (χ4n) is 3.32. The minimum Gasteiger partial charge on any atom is -0.324 e. The van der Waals surface area contributed by atoms with Crippen LogP contribution in [0.25, 0.3) is 16.7 Å². The van der Waals surface area contributed by atoms with Crippen molar-refractivity contribution in [2.45, 2.75) is 32.0 Å². The molecule has 0 saturated carbocycles. The van der Waals surface area contributed by atoms with Crippen molar-refractivity contribution in [2.24, 2.45) is 0 Å². The zero-order valence-corrected chi connectivity index (χ0v) is 18.4. The van der Waals surface area contributed by atoms with E-state index in [0.717, 1.165) is 5.56 Å². The first-order chi connectivity index (χ1) is 14.9. The quantitative estimate of drug-likeness (QED) is 0.435. The van der Waals surface area contributed by atoms with Crippen LogP contribution in [0.5, 0.6) is 0 Å². The maximum Gasteiger partial charge on any atom is 0.262 e. The van der Waals surface area contributed by atoms with Gasteiger partial charge >= 0.3 is 0 Å². The Hall–Kier alpha value is -2.91. The van der Waals surface area contributed by atoms with Crippen molar-refractivity contribution in [3.8, 4) is 0 Å². The number of rotatable bonds is 6. The van der Waals surface area contributed by atoms with Gasteiger partial charge in [0, 0.05) is 6.54 Å². The molecule has 0 aliphatic heterocycles. The van der Waals surface area contributed by atoms with Gasteiger partial charge in [-0.15, -0.1) is 10.2 Å². The normalized spacial score (nSPS) is 11.4. The number of hydrogen-bond donors (Lipinski definition) is 1. The molecule has 2 aromatic heterocycles. The van der Waals surface area contributed by atoms with Gasteiger partial charge in [0.2, 0.25) is 11.7 Å². The molecule has 2 heterocycles. The molecule has 1 N–H and O–H groups in total. The molecule has 0 atom stereocenters. The lowest BCUT2D eigenvalue weighted by Crippen LogP contribution is -2.23. The molecule has 0 unspecified atom stereocenters. The maximum atomic E-state index is 13.8. The third-order valence-corrected chi connectivity index (χ3v) is 5.95. The van der Waals surface area contributed by atoms with E-state index in [4.69, 9.17) is 11.6 Å². The number of halogens is 2. The molecule has 0 aliphatic rings. The second kappa shape index (κ2) is 8.68. The van der Waals surface area contributed by atoms with Crippen molar-refractivity contribution in [1.29, 1.82) is 0 Å². The fraction of sp³-hybridized carbons (Fsp3) is 0.238. The minimum atomic E-state index is -0.497. The second-order valence-electron chi connectivity index (χ2n) is 7.06. The van der Waals surface area contributed by atoms with Crippen LogP contribution >= 0.6 is 23.4 Å². The predicted molar refractivity (Wildman–Crippen MR) is 121 cm³/mol. The molecule has 0 radical (unpaired) electrons. The number of aryl methyl sites for hydroxylation is 2. The molecule has 1 amide bonds. The average molecular weight is 460 g/mol. The van der Waals surface area contributed by atoms with Gasteiger partial charge in [-0.1, -0.05) is 36.4 Å². The third kappa shape index (κ3) is 4.15.